The van der Waals surface area contributed by atoms with Crippen LogP contribution in [0.2, 0.25) is 10.0 Å². The average Bonchev–Trinajstić information content (AvgIpc) is 2.24. The number of nitriles is 1. The molecule has 0 aliphatic rings. The van der Waals surface area contributed by atoms with Crippen LogP contribution in [0.1, 0.15) is 18.1 Å². The van der Waals surface area contributed by atoms with Crippen LogP contribution in [0.4, 0.5) is 4.39 Å². The van der Waals surface area contributed by atoms with Gasteiger partial charge < -0.3 is 10.2 Å². The Bertz CT molecular complexity index is 410. The van der Waals surface area contributed by atoms with Crippen molar-refractivity contribution >= 4 is 23.2 Å². The minimum Gasteiger partial charge on any atom is -0.389 e. The third-order valence-electron chi connectivity index (χ3n) is 2.01. The number of halogens is 3. The Morgan fingerprint density at radius 2 is 1.81 bits per heavy atom. The molecule has 0 radical (unpaired) electrons. The predicted molar refractivity (Wildman–Crippen MR) is 57.6 cm³/mol. The van der Waals surface area contributed by atoms with Gasteiger partial charge >= 0.3 is 0 Å². The standard InChI is InChI=1S/C10H8Cl2FNO2/c11-6-3-5(4-7(12)9(6)13)10(16)8(15)1-2-14/h3-4,8,10,15-16H,1H2. The first kappa shape index (κ1) is 13.2. The van der Waals surface area contributed by atoms with Crippen LogP contribution in [-0.2, 0) is 0 Å². The van der Waals surface area contributed by atoms with Gasteiger partial charge in [0, 0.05) is 0 Å². The van der Waals surface area contributed by atoms with E-state index in [-0.39, 0.29) is 22.0 Å². The highest BCUT2D eigenvalue weighted by Crippen LogP contribution is 2.29. The van der Waals surface area contributed by atoms with Crippen molar-refractivity contribution in [2.24, 2.45) is 0 Å². The number of nitrogens with zero attached hydrogens (tertiary/aromatic N) is 1. The SMILES string of the molecule is N#CCC(O)C(O)c1cc(Cl)c(F)c(Cl)c1. The van der Waals surface area contributed by atoms with Crippen LogP contribution < -0.4 is 0 Å². The molecule has 0 amide bonds. The van der Waals surface area contributed by atoms with E-state index in [0.717, 1.165) is 12.1 Å². The number of hydrogen-bond acceptors (Lipinski definition) is 3. The van der Waals surface area contributed by atoms with Gasteiger partial charge in [0.25, 0.3) is 0 Å². The first-order chi connectivity index (χ1) is 7.47. The van der Waals surface area contributed by atoms with Crippen molar-refractivity contribution < 1.29 is 14.6 Å². The van der Waals surface area contributed by atoms with Gasteiger partial charge in [-0.15, -0.1) is 0 Å². The third-order valence-corrected chi connectivity index (χ3v) is 2.56. The number of aliphatic hydroxyl groups is 2. The van der Waals surface area contributed by atoms with Gasteiger partial charge in [-0.05, 0) is 17.7 Å². The largest absolute Gasteiger partial charge is 0.389 e. The summed E-state index contributed by atoms with van der Waals surface area (Å²) in [7, 11) is 0. The van der Waals surface area contributed by atoms with Crippen LogP contribution in [0.15, 0.2) is 12.1 Å². The summed E-state index contributed by atoms with van der Waals surface area (Å²) in [6, 6.07) is 4.03. The van der Waals surface area contributed by atoms with E-state index < -0.39 is 18.0 Å². The molecule has 0 aliphatic heterocycles. The molecule has 0 aromatic heterocycles. The van der Waals surface area contributed by atoms with E-state index in [1.807, 2.05) is 0 Å². The number of hydrogen-bond donors (Lipinski definition) is 2. The summed E-state index contributed by atoms with van der Waals surface area (Å²) in [6.07, 6.45) is -2.83. The normalized spacial score (nSPS) is 14.2. The first-order valence-electron chi connectivity index (χ1n) is 4.35. The molecular weight excluding hydrogens is 256 g/mol. The summed E-state index contributed by atoms with van der Waals surface area (Å²) in [5, 5.41) is 26.9. The molecule has 1 aromatic carbocycles. The highest BCUT2D eigenvalue weighted by molar-refractivity contribution is 6.35. The zero-order valence-corrected chi connectivity index (χ0v) is 9.50. The fourth-order valence-corrected chi connectivity index (χ4v) is 1.68. The predicted octanol–water partition coefficient (Wildman–Crippen LogP) is 2.44. The van der Waals surface area contributed by atoms with Crippen molar-refractivity contribution in [3.05, 3.63) is 33.6 Å². The van der Waals surface area contributed by atoms with E-state index >= 15 is 0 Å². The van der Waals surface area contributed by atoms with E-state index in [1.165, 1.54) is 0 Å². The van der Waals surface area contributed by atoms with Crippen LogP contribution >= 0.6 is 23.2 Å². The molecule has 0 saturated carbocycles. The summed E-state index contributed by atoms with van der Waals surface area (Å²) >= 11 is 11.1. The van der Waals surface area contributed by atoms with Crippen molar-refractivity contribution in [3.8, 4) is 6.07 Å². The lowest BCUT2D eigenvalue weighted by molar-refractivity contribution is 0.0216. The van der Waals surface area contributed by atoms with Crippen LogP contribution in [-0.4, -0.2) is 16.3 Å². The first-order valence-corrected chi connectivity index (χ1v) is 5.10. The Hall–Kier alpha value is -0.860. The van der Waals surface area contributed by atoms with E-state index in [1.54, 1.807) is 6.07 Å². The van der Waals surface area contributed by atoms with E-state index in [2.05, 4.69) is 0 Å². The molecule has 1 rings (SSSR count). The minimum absolute atomic E-state index is 0.166. The molecule has 16 heavy (non-hydrogen) atoms. The highest BCUT2D eigenvalue weighted by atomic mass is 35.5. The van der Waals surface area contributed by atoms with Crippen molar-refractivity contribution in [2.75, 3.05) is 0 Å². The molecule has 86 valence electrons. The van der Waals surface area contributed by atoms with Gasteiger partial charge in [0.2, 0.25) is 0 Å². The van der Waals surface area contributed by atoms with Gasteiger partial charge in [-0.3, -0.25) is 0 Å². The molecule has 0 fully saturated rings. The van der Waals surface area contributed by atoms with Crippen molar-refractivity contribution in [1.82, 2.24) is 0 Å². The summed E-state index contributed by atoms with van der Waals surface area (Å²) in [6.45, 7) is 0. The molecule has 2 unspecified atom stereocenters. The van der Waals surface area contributed by atoms with Crippen molar-refractivity contribution in [1.29, 1.82) is 5.26 Å². The van der Waals surface area contributed by atoms with Crippen LogP contribution in [0.3, 0.4) is 0 Å². The second-order valence-corrected chi connectivity index (χ2v) is 3.99. The molecule has 0 saturated heterocycles. The van der Waals surface area contributed by atoms with Gasteiger partial charge in [0.15, 0.2) is 5.82 Å². The maximum atomic E-state index is 13.1. The lowest BCUT2D eigenvalue weighted by Gasteiger charge is -2.16. The molecule has 0 bridgehead atoms. The van der Waals surface area contributed by atoms with Crippen molar-refractivity contribution in [2.45, 2.75) is 18.6 Å². The highest BCUT2D eigenvalue weighted by Gasteiger charge is 2.20. The number of benzene rings is 1. The quantitative estimate of drug-likeness (QED) is 0.824. The van der Waals surface area contributed by atoms with Crippen LogP contribution in [0, 0.1) is 17.1 Å². The maximum Gasteiger partial charge on any atom is 0.160 e. The molecule has 1 aromatic rings. The van der Waals surface area contributed by atoms with Gasteiger partial charge in [0.05, 0.1) is 28.6 Å². The molecule has 6 heteroatoms. The summed E-state index contributed by atoms with van der Waals surface area (Å²) in [5.74, 6) is -0.783. The molecule has 3 nitrogen and oxygen atoms in total. The summed E-state index contributed by atoms with van der Waals surface area (Å²) in [4.78, 5) is 0. The number of aliphatic hydroxyl groups excluding tert-OH is 2. The Balaban J connectivity index is 3.01. The molecular formula is C10H8Cl2FNO2. The summed E-state index contributed by atoms with van der Waals surface area (Å²) in [5.41, 5.74) is 0.166. The molecule has 0 heterocycles. The van der Waals surface area contributed by atoms with E-state index in [4.69, 9.17) is 28.5 Å². The second kappa shape index (κ2) is 5.46. The molecule has 0 spiro atoms. The minimum atomic E-state index is -1.32. The Morgan fingerprint density at radius 1 is 1.31 bits per heavy atom. The lowest BCUT2D eigenvalue weighted by Crippen LogP contribution is -2.17. The smallest absolute Gasteiger partial charge is 0.160 e. The van der Waals surface area contributed by atoms with Gasteiger partial charge in [-0.1, -0.05) is 23.2 Å². The fourth-order valence-electron chi connectivity index (χ4n) is 1.17. The summed E-state index contributed by atoms with van der Waals surface area (Å²) < 4.78 is 13.1. The lowest BCUT2D eigenvalue weighted by atomic mass is 10.0. The molecule has 0 aliphatic carbocycles. The fraction of sp³-hybridized carbons (Fsp3) is 0.300. The monoisotopic (exact) mass is 263 g/mol. The van der Waals surface area contributed by atoms with Gasteiger partial charge in [0.1, 0.15) is 6.10 Å². The molecule has 2 N–H and O–H groups in total. The van der Waals surface area contributed by atoms with E-state index in [0.29, 0.717) is 0 Å². The zero-order chi connectivity index (χ0) is 12.3. The van der Waals surface area contributed by atoms with E-state index in [9.17, 15) is 14.6 Å². The Kier molecular flexibility index (Phi) is 4.51. The topological polar surface area (TPSA) is 64.2 Å². The van der Waals surface area contributed by atoms with Gasteiger partial charge in [-0.25, -0.2) is 4.39 Å². The van der Waals surface area contributed by atoms with Gasteiger partial charge in [-0.2, -0.15) is 5.26 Å². The second-order valence-electron chi connectivity index (χ2n) is 3.17. The number of rotatable bonds is 3. The Morgan fingerprint density at radius 3 is 2.25 bits per heavy atom. The zero-order valence-electron chi connectivity index (χ0n) is 7.99. The Labute approximate surface area is 102 Å². The van der Waals surface area contributed by atoms with Crippen LogP contribution in [0.25, 0.3) is 0 Å². The molecule has 2 atom stereocenters. The van der Waals surface area contributed by atoms with Crippen molar-refractivity contribution in [3.63, 3.8) is 0 Å². The third kappa shape index (κ3) is 2.83. The van der Waals surface area contributed by atoms with Crippen LogP contribution in [0.5, 0.6) is 0 Å². The average molecular weight is 264 g/mol. The maximum absolute atomic E-state index is 13.1.